The van der Waals surface area contributed by atoms with E-state index in [0.717, 1.165) is 37.6 Å². The van der Waals surface area contributed by atoms with Gasteiger partial charge in [0.05, 0.1) is 19.8 Å². The molecule has 2 N–H and O–H groups in total. The summed E-state index contributed by atoms with van der Waals surface area (Å²) in [5.74, 6) is 0. The van der Waals surface area contributed by atoms with Gasteiger partial charge in [-0.05, 0) is 17.7 Å². The summed E-state index contributed by atoms with van der Waals surface area (Å²) in [4.78, 5) is 2.22. The molecule has 1 aliphatic rings. The molecule has 2 rings (SSSR count). The second-order valence-corrected chi connectivity index (χ2v) is 5.24. The molecule has 100 valence electrons. The van der Waals surface area contributed by atoms with Gasteiger partial charge in [0.25, 0.3) is 0 Å². The predicted molar refractivity (Wildman–Crippen MR) is 67.4 cm³/mol. The van der Waals surface area contributed by atoms with Gasteiger partial charge in [-0.15, -0.1) is 0 Å². The maximum atomic E-state index is 10.7. The number of morpholine rings is 1. The van der Waals surface area contributed by atoms with Gasteiger partial charge in [0.1, 0.15) is 0 Å². The molecule has 1 aromatic rings. The zero-order valence-electron chi connectivity index (χ0n) is 9.91. The summed E-state index contributed by atoms with van der Waals surface area (Å²) in [7, 11) is -3.88. The van der Waals surface area contributed by atoms with E-state index in [1.54, 1.807) is 0 Å². The average molecular weight is 272 g/mol. The highest BCUT2D eigenvalue weighted by Gasteiger charge is 2.11. The van der Waals surface area contributed by atoms with Crippen molar-refractivity contribution >= 4 is 16.0 Å². The summed E-state index contributed by atoms with van der Waals surface area (Å²) in [5.41, 5.74) is 1.86. The van der Waals surface area contributed by atoms with E-state index in [9.17, 15) is 8.42 Å². The summed E-state index contributed by atoms with van der Waals surface area (Å²) in [6.45, 7) is 3.16. The SMILES string of the molecule is NS(=O)(=O)OCc1ccc(N2CCOCC2)cc1. The Hall–Kier alpha value is -1.15. The van der Waals surface area contributed by atoms with Crippen LogP contribution in [0.25, 0.3) is 0 Å². The highest BCUT2D eigenvalue weighted by atomic mass is 32.2. The Morgan fingerprint density at radius 3 is 2.39 bits per heavy atom. The summed E-state index contributed by atoms with van der Waals surface area (Å²) in [6.07, 6.45) is 0. The molecule has 0 unspecified atom stereocenters. The Bertz CT molecular complexity index is 480. The van der Waals surface area contributed by atoms with Crippen molar-refractivity contribution in [3.05, 3.63) is 29.8 Å². The molecule has 1 heterocycles. The lowest BCUT2D eigenvalue weighted by Gasteiger charge is -2.28. The Labute approximate surface area is 107 Å². The zero-order valence-corrected chi connectivity index (χ0v) is 10.7. The lowest BCUT2D eigenvalue weighted by molar-refractivity contribution is 0.122. The van der Waals surface area contributed by atoms with Crippen molar-refractivity contribution in [1.29, 1.82) is 0 Å². The van der Waals surface area contributed by atoms with Crippen LogP contribution in [0.4, 0.5) is 5.69 Å². The third-order valence-electron chi connectivity index (χ3n) is 2.70. The standard InChI is InChI=1S/C11H16N2O4S/c12-18(14,15)17-9-10-1-3-11(4-2-10)13-5-7-16-8-6-13/h1-4H,5-9H2,(H2,12,14,15). The quantitative estimate of drug-likeness (QED) is 0.849. The number of benzene rings is 1. The van der Waals surface area contributed by atoms with E-state index in [0.29, 0.717) is 0 Å². The van der Waals surface area contributed by atoms with Crippen molar-refractivity contribution in [2.45, 2.75) is 6.61 Å². The van der Waals surface area contributed by atoms with Crippen LogP contribution < -0.4 is 10.0 Å². The van der Waals surface area contributed by atoms with Crippen LogP contribution in [-0.4, -0.2) is 34.7 Å². The number of hydrogen-bond acceptors (Lipinski definition) is 5. The van der Waals surface area contributed by atoms with Crippen molar-refractivity contribution in [3.8, 4) is 0 Å². The van der Waals surface area contributed by atoms with Crippen LogP contribution in [0.1, 0.15) is 5.56 Å². The number of ether oxygens (including phenoxy) is 1. The van der Waals surface area contributed by atoms with Gasteiger partial charge in [-0.25, -0.2) is 5.14 Å². The largest absolute Gasteiger partial charge is 0.378 e. The van der Waals surface area contributed by atoms with Gasteiger partial charge in [-0.2, -0.15) is 8.42 Å². The third kappa shape index (κ3) is 3.95. The minimum absolute atomic E-state index is 0.0395. The minimum atomic E-state index is -3.88. The zero-order chi connectivity index (χ0) is 13.0. The smallest absolute Gasteiger partial charge is 0.333 e. The molecule has 1 fully saturated rings. The second kappa shape index (κ2) is 5.66. The first-order valence-electron chi connectivity index (χ1n) is 5.63. The van der Waals surface area contributed by atoms with E-state index in [1.165, 1.54) is 0 Å². The van der Waals surface area contributed by atoms with E-state index in [2.05, 4.69) is 9.08 Å². The molecule has 6 nitrogen and oxygen atoms in total. The van der Waals surface area contributed by atoms with Gasteiger partial charge in [0, 0.05) is 18.8 Å². The fraction of sp³-hybridized carbons (Fsp3) is 0.455. The molecule has 1 aliphatic heterocycles. The fourth-order valence-corrected chi connectivity index (χ4v) is 2.08. The molecule has 0 aliphatic carbocycles. The molecule has 18 heavy (non-hydrogen) atoms. The fourth-order valence-electron chi connectivity index (χ4n) is 1.77. The van der Waals surface area contributed by atoms with Crippen LogP contribution in [0.2, 0.25) is 0 Å². The van der Waals surface area contributed by atoms with Gasteiger partial charge in [0.15, 0.2) is 0 Å². The van der Waals surface area contributed by atoms with Crippen LogP contribution in [-0.2, 0) is 25.8 Å². The van der Waals surface area contributed by atoms with Crippen molar-refractivity contribution in [2.24, 2.45) is 5.14 Å². The van der Waals surface area contributed by atoms with Crippen molar-refractivity contribution in [2.75, 3.05) is 31.2 Å². The topological polar surface area (TPSA) is 81.9 Å². The maximum Gasteiger partial charge on any atom is 0.333 e. The number of rotatable bonds is 4. The Morgan fingerprint density at radius 2 is 1.83 bits per heavy atom. The van der Waals surface area contributed by atoms with E-state index in [-0.39, 0.29) is 6.61 Å². The first-order valence-corrected chi connectivity index (χ1v) is 7.10. The minimum Gasteiger partial charge on any atom is -0.378 e. The summed E-state index contributed by atoms with van der Waals surface area (Å²) in [5, 5.41) is 4.76. The van der Waals surface area contributed by atoms with Gasteiger partial charge in [0.2, 0.25) is 0 Å². The van der Waals surface area contributed by atoms with Gasteiger partial charge in [-0.3, -0.25) is 4.18 Å². The number of hydrogen-bond donors (Lipinski definition) is 1. The second-order valence-electron chi connectivity index (χ2n) is 4.02. The van der Waals surface area contributed by atoms with Crippen LogP contribution >= 0.6 is 0 Å². The summed E-state index contributed by atoms with van der Waals surface area (Å²) < 4.78 is 31.1. The molecule has 0 spiro atoms. The highest BCUT2D eigenvalue weighted by molar-refractivity contribution is 7.84. The molecule has 0 atom stereocenters. The molecule has 0 aromatic heterocycles. The third-order valence-corrected chi connectivity index (χ3v) is 3.15. The number of nitrogens with zero attached hydrogens (tertiary/aromatic N) is 1. The van der Waals surface area contributed by atoms with E-state index in [4.69, 9.17) is 9.88 Å². The normalized spacial score (nSPS) is 16.8. The van der Waals surface area contributed by atoms with Gasteiger partial charge >= 0.3 is 10.3 Å². The Morgan fingerprint density at radius 1 is 1.22 bits per heavy atom. The van der Waals surface area contributed by atoms with E-state index in [1.807, 2.05) is 24.3 Å². The summed E-state index contributed by atoms with van der Waals surface area (Å²) >= 11 is 0. The molecule has 1 saturated heterocycles. The highest BCUT2D eigenvalue weighted by Crippen LogP contribution is 2.17. The Kier molecular flexibility index (Phi) is 4.18. The molecule has 0 amide bonds. The van der Waals surface area contributed by atoms with Crippen molar-refractivity contribution in [3.63, 3.8) is 0 Å². The van der Waals surface area contributed by atoms with Crippen LogP contribution in [0.15, 0.2) is 24.3 Å². The van der Waals surface area contributed by atoms with Crippen molar-refractivity contribution in [1.82, 2.24) is 0 Å². The molecule has 1 aromatic carbocycles. The summed E-state index contributed by atoms with van der Waals surface area (Å²) in [6, 6.07) is 7.53. The first kappa shape index (κ1) is 13.3. The first-order chi connectivity index (χ1) is 8.54. The number of nitrogens with two attached hydrogens (primary N) is 1. The van der Waals surface area contributed by atoms with Crippen LogP contribution in [0.5, 0.6) is 0 Å². The monoisotopic (exact) mass is 272 g/mol. The lowest BCUT2D eigenvalue weighted by atomic mass is 10.2. The van der Waals surface area contributed by atoms with Crippen LogP contribution in [0, 0.1) is 0 Å². The van der Waals surface area contributed by atoms with E-state index >= 15 is 0 Å². The van der Waals surface area contributed by atoms with Gasteiger partial charge in [-0.1, -0.05) is 12.1 Å². The lowest BCUT2D eigenvalue weighted by Crippen LogP contribution is -2.36. The van der Waals surface area contributed by atoms with Gasteiger partial charge < -0.3 is 9.64 Å². The van der Waals surface area contributed by atoms with Crippen molar-refractivity contribution < 1.29 is 17.3 Å². The van der Waals surface area contributed by atoms with E-state index < -0.39 is 10.3 Å². The maximum absolute atomic E-state index is 10.7. The molecular formula is C11H16N2O4S. The van der Waals surface area contributed by atoms with Crippen LogP contribution in [0.3, 0.4) is 0 Å². The molecule has 7 heteroatoms. The molecule has 0 bridgehead atoms. The molecular weight excluding hydrogens is 256 g/mol. The predicted octanol–water partition coefficient (Wildman–Crippen LogP) is 0.243. The average Bonchev–Trinajstić information content (AvgIpc) is 2.37. The molecule has 0 saturated carbocycles. The molecule has 0 radical (unpaired) electrons. The number of anilines is 1. The Balaban J connectivity index is 1.96.